The maximum Gasteiger partial charge on any atom is 0.241 e. The number of benzene rings is 1. The molecular formula is C17H26BrNO3S. The zero-order valence-electron chi connectivity index (χ0n) is 14.5. The minimum Gasteiger partial charge on any atom is -0.388 e. The summed E-state index contributed by atoms with van der Waals surface area (Å²) >= 11 is 3.29. The number of aliphatic hydroxyl groups excluding tert-OH is 1. The number of aliphatic hydroxyl groups is 1. The Bertz CT molecular complexity index is 671. The van der Waals surface area contributed by atoms with Crippen molar-refractivity contribution in [2.24, 2.45) is 5.92 Å². The lowest BCUT2D eigenvalue weighted by atomic mass is 10.0. The van der Waals surface area contributed by atoms with Crippen LogP contribution in [0.25, 0.3) is 0 Å². The van der Waals surface area contributed by atoms with Crippen LogP contribution in [0.4, 0.5) is 0 Å². The van der Waals surface area contributed by atoms with Crippen LogP contribution in [0, 0.1) is 26.7 Å². The van der Waals surface area contributed by atoms with E-state index in [1.165, 1.54) is 0 Å². The summed E-state index contributed by atoms with van der Waals surface area (Å²) < 4.78 is 29.0. The highest BCUT2D eigenvalue weighted by Crippen LogP contribution is 2.23. The molecular weight excluding hydrogens is 378 g/mol. The van der Waals surface area contributed by atoms with Gasteiger partial charge in [-0.15, -0.1) is 0 Å². The molecule has 0 saturated heterocycles. The van der Waals surface area contributed by atoms with E-state index in [-0.39, 0.29) is 5.92 Å². The first kappa shape index (κ1) is 20.4. The summed E-state index contributed by atoms with van der Waals surface area (Å²) in [4.78, 5) is 0.329. The number of hydrogen-bond acceptors (Lipinski definition) is 3. The van der Waals surface area contributed by atoms with Gasteiger partial charge in [-0.2, -0.15) is 0 Å². The molecule has 2 N–H and O–H groups in total. The zero-order chi connectivity index (χ0) is 17.9. The Morgan fingerprint density at radius 2 is 1.65 bits per heavy atom. The highest BCUT2D eigenvalue weighted by atomic mass is 79.9. The van der Waals surface area contributed by atoms with Crippen LogP contribution in [0.3, 0.4) is 0 Å². The molecule has 4 nitrogen and oxygen atoms in total. The number of aryl methyl sites for hydroxylation is 3. The Kier molecular flexibility index (Phi) is 7.01. The first-order valence-corrected chi connectivity index (χ1v) is 9.88. The Morgan fingerprint density at radius 1 is 1.17 bits per heavy atom. The SMILES string of the molecule is Cc1cc(C)c(S(=O)(=O)N[C@H](/C=C(\Br)[C@H](C)O)C(C)C)c(C)c1. The van der Waals surface area contributed by atoms with Crippen LogP contribution in [0.5, 0.6) is 0 Å². The second-order valence-corrected chi connectivity index (χ2v) is 8.91. The van der Waals surface area contributed by atoms with Gasteiger partial charge in [0.25, 0.3) is 0 Å². The van der Waals surface area contributed by atoms with E-state index in [1.807, 2.05) is 32.9 Å². The maximum absolute atomic E-state index is 12.8. The van der Waals surface area contributed by atoms with Crippen molar-refractivity contribution >= 4 is 26.0 Å². The number of rotatable bonds is 6. The molecule has 0 aliphatic rings. The molecule has 1 aromatic carbocycles. The highest BCUT2D eigenvalue weighted by Gasteiger charge is 2.25. The molecule has 0 aliphatic carbocycles. The maximum atomic E-state index is 12.8. The van der Waals surface area contributed by atoms with Gasteiger partial charge in [0.05, 0.1) is 11.0 Å². The second kappa shape index (κ2) is 7.92. The molecule has 1 aromatic rings. The molecule has 0 saturated carbocycles. The third-order valence-electron chi connectivity index (χ3n) is 3.62. The van der Waals surface area contributed by atoms with E-state index >= 15 is 0 Å². The van der Waals surface area contributed by atoms with Crippen LogP contribution < -0.4 is 4.72 Å². The fourth-order valence-corrected chi connectivity index (χ4v) is 4.57. The van der Waals surface area contributed by atoms with E-state index in [1.54, 1.807) is 26.8 Å². The van der Waals surface area contributed by atoms with Crippen LogP contribution in [0.2, 0.25) is 0 Å². The van der Waals surface area contributed by atoms with E-state index < -0.39 is 22.2 Å². The molecule has 0 unspecified atom stereocenters. The second-order valence-electron chi connectivity index (χ2n) is 6.35. The Balaban J connectivity index is 3.26. The van der Waals surface area contributed by atoms with Crippen molar-refractivity contribution in [1.29, 1.82) is 0 Å². The Hall–Kier alpha value is -0.690. The van der Waals surface area contributed by atoms with Gasteiger partial charge in [-0.3, -0.25) is 0 Å². The van der Waals surface area contributed by atoms with Gasteiger partial charge in [0.15, 0.2) is 0 Å². The molecule has 0 aromatic heterocycles. The van der Waals surface area contributed by atoms with Crippen molar-refractivity contribution in [2.75, 3.05) is 0 Å². The molecule has 0 fully saturated rings. The standard InChI is InChI=1S/C17H26BrNO3S/c1-10(2)16(9-15(18)14(6)20)19-23(21,22)17-12(4)7-11(3)8-13(17)5/h7-10,14,16,19-20H,1-6H3/b15-9-/t14-,16+/m0/s1. The van der Waals surface area contributed by atoms with Crippen molar-refractivity contribution in [3.05, 3.63) is 39.4 Å². The first-order chi connectivity index (χ1) is 10.5. The van der Waals surface area contributed by atoms with Gasteiger partial charge in [0.2, 0.25) is 10.0 Å². The van der Waals surface area contributed by atoms with Crippen LogP contribution in [0.15, 0.2) is 27.6 Å². The van der Waals surface area contributed by atoms with Gasteiger partial charge < -0.3 is 5.11 Å². The zero-order valence-corrected chi connectivity index (χ0v) is 16.9. The van der Waals surface area contributed by atoms with Crippen LogP contribution in [0.1, 0.15) is 37.5 Å². The Morgan fingerprint density at radius 3 is 2.04 bits per heavy atom. The lowest BCUT2D eigenvalue weighted by Crippen LogP contribution is -2.38. The fourth-order valence-electron chi connectivity index (χ4n) is 2.50. The van der Waals surface area contributed by atoms with Gasteiger partial charge in [-0.05, 0) is 44.7 Å². The summed E-state index contributed by atoms with van der Waals surface area (Å²) in [6.07, 6.45) is 1.04. The average molecular weight is 404 g/mol. The summed E-state index contributed by atoms with van der Waals surface area (Å²) in [6, 6.07) is 3.32. The molecule has 1 rings (SSSR count). The van der Waals surface area contributed by atoms with Gasteiger partial charge >= 0.3 is 0 Å². The van der Waals surface area contributed by atoms with Gasteiger partial charge in [-0.1, -0.05) is 53.5 Å². The smallest absolute Gasteiger partial charge is 0.241 e. The molecule has 6 heteroatoms. The minimum atomic E-state index is -3.65. The van der Waals surface area contributed by atoms with Crippen molar-refractivity contribution < 1.29 is 13.5 Å². The molecule has 0 spiro atoms. The molecule has 2 atom stereocenters. The quantitative estimate of drug-likeness (QED) is 0.762. The molecule has 0 radical (unpaired) electrons. The molecule has 0 heterocycles. The number of hydrogen-bond donors (Lipinski definition) is 2. The molecule has 0 bridgehead atoms. The molecule has 130 valence electrons. The van der Waals surface area contributed by atoms with Gasteiger partial charge in [0, 0.05) is 10.5 Å². The van der Waals surface area contributed by atoms with Crippen LogP contribution >= 0.6 is 15.9 Å². The van der Waals surface area contributed by atoms with Gasteiger partial charge in [0.1, 0.15) is 0 Å². The largest absolute Gasteiger partial charge is 0.388 e. The monoisotopic (exact) mass is 403 g/mol. The topological polar surface area (TPSA) is 66.4 Å². The predicted molar refractivity (Wildman–Crippen MR) is 98.3 cm³/mol. The third kappa shape index (κ3) is 5.41. The summed E-state index contributed by atoms with van der Waals surface area (Å²) in [6.45, 7) is 11.0. The third-order valence-corrected chi connectivity index (χ3v) is 6.31. The lowest BCUT2D eigenvalue weighted by Gasteiger charge is -2.22. The number of sulfonamides is 1. The predicted octanol–water partition coefficient (Wildman–Crippen LogP) is 3.57. The van der Waals surface area contributed by atoms with Crippen molar-refractivity contribution in [1.82, 2.24) is 4.72 Å². The van der Waals surface area contributed by atoms with Crippen molar-refractivity contribution in [3.63, 3.8) is 0 Å². The number of halogens is 1. The fraction of sp³-hybridized carbons (Fsp3) is 0.529. The van der Waals surface area contributed by atoms with E-state index in [4.69, 9.17) is 0 Å². The van der Waals surface area contributed by atoms with E-state index in [0.29, 0.717) is 9.38 Å². The molecule has 0 amide bonds. The van der Waals surface area contributed by atoms with Crippen LogP contribution in [-0.4, -0.2) is 25.7 Å². The summed E-state index contributed by atoms with van der Waals surface area (Å²) in [5, 5.41) is 9.59. The van der Waals surface area contributed by atoms with Gasteiger partial charge in [-0.25, -0.2) is 13.1 Å². The molecule has 23 heavy (non-hydrogen) atoms. The normalized spacial score (nSPS) is 15.8. The van der Waals surface area contributed by atoms with Crippen LogP contribution in [-0.2, 0) is 10.0 Å². The van der Waals surface area contributed by atoms with E-state index in [2.05, 4.69) is 20.7 Å². The minimum absolute atomic E-state index is 0.0436. The summed E-state index contributed by atoms with van der Waals surface area (Å²) in [5.41, 5.74) is 2.50. The molecule has 0 aliphatic heterocycles. The average Bonchev–Trinajstić information content (AvgIpc) is 2.35. The first-order valence-electron chi connectivity index (χ1n) is 7.61. The van der Waals surface area contributed by atoms with E-state index in [0.717, 1.165) is 16.7 Å². The van der Waals surface area contributed by atoms with Crippen molar-refractivity contribution in [2.45, 2.75) is 58.6 Å². The summed E-state index contributed by atoms with van der Waals surface area (Å²) in [5.74, 6) is 0.0436. The van der Waals surface area contributed by atoms with Crippen molar-refractivity contribution in [3.8, 4) is 0 Å². The number of nitrogens with one attached hydrogen (secondary N) is 1. The Labute approximate surface area is 148 Å². The van der Waals surface area contributed by atoms with E-state index in [9.17, 15) is 13.5 Å². The lowest BCUT2D eigenvalue weighted by molar-refractivity contribution is 0.240. The summed E-state index contributed by atoms with van der Waals surface area (Å²) in [7, 11) is -3.65. The highest BCUT2D eigenvalue weighted by molar-refractivity contribution is 9.11.